The van der Waals surface area contributed by atoms with Gasteiger partial charge in [-0.05, 0) is 5.56 Å². The predicted molar refractivity (Wildman–Crippen MR) is 57.7 cm³/mol. The Bertz CT molecular complexity index is 439. The van der Waals surface area contributed by atoms with Gasteiger partial charge < -0.3 is 14.3 Å². The van der Waals surface area contributed by atoms with E-state index in [2.05, 4.69) is 4.98 Å². The topological polar surface area (TPSA) is 55.5 Å². The van der Waals surface area contributed by atoms with E-state index in [-0.39, 0.29) is 12.7 Å². The third kappa shape index (κ3) is 1.98. The van der Waals surface area contributed by atoms with E-state index in [0.717, 1.165) is 5.56 Å². The molecule has 4 nitrogen and oxygen atoms in total. The van der Waals surface area contributed by atoms with Crippen LogP contribution in [-0.2, 0) is 11.3 Å². The molecule has 0 fully saturated rings. The zero-order chi connectivity index (χ0) is 11.4. The summed E-state index contributed by atoms with van der Waals surface area (Å²) in [6.45, 7) is -0.154. The molecule has 1 atom stereocenters. The van der Waals surface area contributed by atoms with Crippen molar-refractivity contribution in [2.24, 2.45) is 0 Å². The number of aliphatic hydroxyl groups is 1. The lowest BCUT2D eigenvalue weighted by Crippen LogP contribution is -2.05. The number of hydrogen-bond acceptors (Lipinski definition) is 4. The molecule has 0 spiro atoms. The molecule has 0 radical (unpaired) electrons. The van der Waals surface area contributed by atoms with E-state index in [1.165, 1.54) is 6.39 Å². The van der Waals surface area contributed by atoms with Gasteiger partial charge in [0, 0.05) is 7.11 Å². The van der Waals surface area contributed by atoms with Crippen molar-refractivity contribution in [1.82, 2.24) is 4.98 Å². The Morgan fingerprint density at radius 1 is 1.38 bits per heavy atom. The van der Waals surface area contributed by atoms with Crippen molar-refractivity contribution >= 4 is 0 Å². The Labute approximate surface area is 93.5 Å². The molecule has 1 aromatic carbocycles. The first-order valence-electron chi connectivity index (χ1n) is 4.97. The van der Waals surface area contributed by atoms with Crippen LogP contribution >= 0.6 is 0 Å². The lowest BCUT2D eigenvalue weighted by molar-refractivity contribution is 0.113. The van der Waals surface area contributed by atoms with Gasteiger partial charge in [-0.2, -0.15) is 0 Å². The van der Waals surface area contributed by atoms with Crippen molar-refractivity contribution in [1.29, 1.82) is 0 Å². The molecule has 0 bridgehead atoms. The molecule has 0 saturated heterocycles. The van der Waals surface area contributed by atoms with Crippen molar-refractivity contribution < 1.29 is 14.3 Å². The number of methoxy groups -OCH3 is 1. The Hall–Kier alpha value is -1.65. The van der Waals surface area contributed by atoms with Gasteiger partial charge in [0.25, 0.3) is 0 Å². The predicted octanol–water partition coefficient (Wildman–Crippen LogP) is 1.90. The summed E-state index contributed by atoms with van der Waals surface area (Å²) < 4.78 is 10.6. The molecule has 0 aliphatic carbocycles. The molecule has 1 aromatic heterocycles. The molecule has 0 aliphatic rings. The van der Waals surface area contributed by atoms with E-state index in [4.69, 9.17) is 14.3 Å². The largest absolute Gasteiger partial charge is 0.445 e. The van der Waals surface area contributed by atoms with Crippen LogP contribution < -0.4 is 0 Å². The summed E-state index contributed by atoms with van der Waals surface area (Å²) in [5, 5.41) is 9.12. The van der Waals surface area contributed by atoms with E-state index >= 15 is 0 Å². The van der Waals surface area contributed by atoms with Crippen LogP contribution in [0.3, 0.4) is 0 Å². The van der Waals surface area contributed by atoms with Crippen molar-refractivity contribution in [3.05, 3.63) is 53.7 Å². The van der Waals surface area contributed by atoms with Gasteiger partial charge in [-0.25, -0.2) is 4.98 Å². The lowest BCUT2D eigenvalue weighted by Gasteiger charge is -2.13. The standard InChI is InChI=1S/C12H13NO3/c1-15-11(9-5-3-2-4-6-9)12-10(7-14)13-8-16-12/h2-6,8,11,14H,7H2,1H3. The number of benzene rings is 1. The van der Waals surface area contributed by atoms with Crippen LogP contribution in [-0.4, -0.2) is 17.2 Å². The highest BCUT2D eigenvalue weighted by atomic mass is 16.5. The first-order chi connectivity index (χ1) is 7.86. The van der Waals surface area contributed by atoms with Gasteiger partial charge in [0.15, 0.2) is 12.2 Å². The number of nitrogens with zero attached hydrogens (tertiary/aromatic N) is 1. The third-order valence-electron chi connectivity index (χ3n) is 2.40. The summed E-state index contributed by atoms with van der Waals surface area (Å²) in [4.78, 5) is 3.93. The first-order valence-corrected chi connectivity index (χ1v) is 4.97. The number of aliphatic hydroxyl groups excluding tert-OH is 1. The highest BCUT2D eigenvalue weighted by Gasteiger charge is 2.20. The van der Waals surface area contributed by atoms with E-state index in [0.29, 0.717) is 11.5 Å². The molecule has 0 aliphatic heterocycles. The first kappa shape index (κ1) is 10.9. The lowest BCUT2D eigenvalue weighted by atomic mass is 10.1. The van der Waals surface area contributed by atoms with Crippen LogP contribution in [0.5, 0.6) is 0 Å². The van der Waals surface area contributed by atoms with E-state index in [1.807, 2.05) is 30.3 Å². The molecule has 1 N–H and O–H groups in total. The Morgan fingerprint density at radius 3 is 2.75 bits per heavy atom. The van der Waals surface area contributed by atoms with Crippen LogP contribution in [0, 0.1) is 0 Å². The van der Waals surface area contributed by atoms with Crippen LogP contribution in [0.4, 0.5) is 0 Å². The molecule has 2 aromatic rings. The molecule has 0 amide bonds. The molecule has 1 heterocycles. The van der Waals surface area contributed by atoms with E-state index in [9.17, 15) is 0 Å². The maximum Gasteiger partial charge on any atom is 0.181 e. The average Bonchev–Trinajstić information content (AvgIpc) is 2.80. The highest BCUT2D eigenvalue weighted by Crippen LogP contribution is 2.27. The van der Waals surface area contributed by atoms with E-state index in [1.54, 1.807) is 7.11 Å². The Kier molecular flexibility index (Phi) is 3.34. The van der Waals surface area contributed by atoms with Gasteiger partial charge in [-0.1, -0.05) is 30.3 Å². The van der Waals surface area contributed by atoms with Crippen LogP contribution in [0.1, 0.15) is 23.1 Å². The Balaban J connectivity index is 2.37. The molecule has 16 heavy (non-hydrogen) atoms. The summed E-state index contributed by atoms with van der Waals surface area (Å²) in [7, 11) is 1.60. The summed E-state index contributed by atoms with van der Waals surface area (Å²) in [6.07, 6.45) is 0.987. The van der Waals surface area contributed by atoms with Gasteiger partial charge in [-0.3, -0.25) is 0 Å². The van der Waals surface area contributed by atoms with Crippen molar-refractivity contribution in [3.8, 4) is 0 Å². The number of aromatic nitrogens is 1. The number of rotatable bonds is 4. The third-order valence-corrected chi connectivity index (χ3v) is 2.40. The molecule has 84 valence electrons. The molecule has 0 saturated carbocycles. The van der Waals surface area contributed by atoms with Gasteiger partial charge in [-0.15, -0.1) is 0 Å². The second kappa shape index (κ2) is 4.92. The van der Waals surface area contributed by atoms with Crippen LogP contribution in [0.15, 0.2) is 41.1 Å². The normalized spacial score (nSPS) is 12.6. The minimum absolute atomic E-state index is 0.154. The molecular weight excluding hydrogens is 206 g/mol. The second-order valence-electron chi connectivity index (χ2n) is 3.35. The molecular formula is C12H13NO3. The minimum atomic E-state index is -0.328. The highest BCUT2D eigenvalue weighted by molar-refractivity contribution is 5.26. The van der Waals surface area contributed by atoms with Gasteiger partial charge >= 0.3 is 0 Å². The fourth-order valence-electron chi connectivity index (χ4n) is 1.63. The van der Waals surface area contributed by atoms with Crippen LogP contribution in [0.2, 0.25) is 0 Å². The number of ether oxygens (including phenoxy) is 1. The summed E-state index contributed by atoms with van der Waals surface area (Å²) in [5.41, 5.74) is 1.48. The van der Waals surface area contributed by atoms with E-state index < -0.39 is 0 Å². The zero-order valence-corrected chi connectivity index (χ0v) is 8.96. The molecule has 2 rings (SSSR count). The smallest absolute Gasteiger partial charge is 0.181 e. The minimum Gasteiger partial charge on any atom is -0.445 e. The van der Waals surface area contributed by atoms with Gasteiger partial charge in [0.1, 0.15) is 11.8 Å². The SMILES string of the molecule is COC(c1ccccc1)c1ocnc1CO. The maximum absolute atomic E-state index is 9.12. The van der Waals surface area contributed by atoms with Gasteiger partial charge in [0.2, 0.25) is 0 Å². The monoisotopic (exact) mass is 219 g/mol. The van der Waals surface area contributed by atoms with Gasteiger partial charge in [0.05, 0.1) is 6.61 Å². The summed E-state index contributed by atoms with van der Waals surface area (Å²) in [5.74, 6) is 0.552. The second-order valence-corrected chi connectivity index (χ2v) is 3.35. The zero-order valence-electron chi connectivity index (χ0n) is 8.96. The number of hydrogen-bond donors (Lipinski definition) is 1. The fraction of sp³-hybridized carbons (Fsp3) is 0.250. The molecule has 4 heteroatoms. The quantitative estimate of drug-likeness (QED) is 0.853. The maximum atomic E-state index is 9.12. The van der Waals surface area contributed by atoms with Crippen molar-refractivity contribution in [2.75, 3.05) is 7.11 Å². The average molecular weight is 219 g/mol. The number of oxazole rings is 1. The fourth-order valence-corrected chi connectivity index (χ4v) is 1.63. The van der Waals surface area contributed by atoms with Crippen molar-refractivity contribution in [3.63, 3.8) is 0 Å². The molecule has 1 unspecified atom stereocenters. The summed E-state index contributed by atoms with van der Waals surface area (Å²) >= 11 is 0. The van der Waals surface area contributed by atoms with Crippen LogP contribution in [0.25, 0.3) is 0 Å². The Morgan fingerprint density at radius 2 is 2.12 bits per heavy atom. The summed E-state index contributed by atoms with van der Waals surface area (Å²) in [6, 6.07) is 9.67. The van der Waals surface area contributed by atoms with Crippen molar-refractivity contribution in [2.45, 2.75) is 12.7 Å².